The largest absolute Gasteiger partial charge is 0.405 e. The molecular weight excluding hydrogens is 389 g/mol. The van der Waals surface area contributed by atoms with Gasteiger partial charge in [0.05, 0.1) is 11.7 Å². The van der Waals surface area contributed by atoms with Crippen LogP contribution in [0.2, 0.25) is 0 Å². The number of fused-ring (bicyclic) bond motifs is 3. The fourth-order valence-electron chi connectivity index (χ4n) is 3.66. The van der Waals surface area contributed by atoms with Gasteiger partial charge in [0.2, 0.25) is 5.91 Å². The molecule has 0 saturated carbocycles. The molecule has 3 amide bonds. The molecule has 0 spiro atoms. The first-order chi connectivity index (χ1) is 13.8. The van der Waals surface area contributed by atoms with Gasteiger partial charge in [-0.05, 0) is 24.6 Å². The van der Waals surface area contributed by atoms with Crippen molar-refractivity contribution in [3.8, 4) is 0 Å². The number of dihydropyridines is 1. The Hall–Kier alpha value is -3.24. The van der Waals surface area contributed by atoms with Crippen LogP contribution >= 0.6 is 0 Å². The van der Waals surface area contributed by atoms with Gasteiger partial charge < -0.3 is 15.5 Å². The summed E-state index contributed by atoms with van der Waals surface area (Å²) in [7, 11) is 0. The van der Waals surface area contributed by atoms with E-state index in [1.165, 1.54) is 11.0 Å². The lowest BCUT2D eigenvalue weighted by Crippen LogP contribution is -2.56. The third-order valence-electron chi connectivity index (χ3n) is 4.96. The monoisotopic (exact) mass is 408 g/mol. The lowest BCUT2D eigenvalue weighted by atomic mass is 10.1. The number of aromatic nitrogens is 1. The minimum absolute atomic E-state index is 0.115. The third kappa shape index (κ3) is 3.98. The second-order valence-electron chi connectivity index (χ2n) is 6.95. The number of halogens is 3. The number of rotatable bonds is 3. The molecule has 1 unspecified atom stereocenters. The standard InChI is InChI=1S/C18H19F3N6O2/c19-18(20,21)10-23-16(28)12-4-5-13-15(24-12)27(11-6-8-26(13)9-11)17(29)25-14-3-1-2-7-22-14/h1-5,7,11-12,24H,6,8-10H2,(H,23,28)(H,22,25,29)/t11-,12?/m0/s1. The van der Waals surface area contributed by atoms with Crippen LogP contribution in [0.5, 0.6) is 0 Å². The number of carbonyl (C=O) groups excluding carboxylic acids is 2. The van der Waals surface area contributed by atoms with Crippen LogP contribution in [0, 0.1) is 0 Å². The zero-order valence-corrected chi connectivity index (χ0v) is 15.2. The number of urea groups is 1. The van der Waals surface area contributed by atoms with Crippen molar-refractivity contribution in [2.45, 2.75) is 24.7 Å². The van der Waals surface area contributed by atoms with E-state index in [-0.39, 0.29) is 6.04 Å². The van der Waals surface area contributed by atoms with Gasteiger partial charge in [-0.25, -0.2) is 9.78 Å². The number of pyridine rings is 1. The minimum atomic E-state index is -4.50. The normalized spacial score (nSPS) is 22.9. The van der Waals surface area contributed by atoms with Crippen LogP contribution in [0.1, 0.15) is 6.42 Å². The van der Waals surface area contributed by atoms with Gasteiger partial charge in [0.25, 0.3) is 0 Å². The number of nitrogens with one attached hydrogen (secondary N) is 3. The number of allylic oxidation sites excluding steroid dienone is 1. The summed E-state index contributed by atoms with van der Waals surface area (Å²) >= 11 is 0. The summed E-state index contributed by atoms with van der Waals surface area (Å²) < 4.78 is 37.2. The molecule has 0 aliphatic carbocycles. The van der Waals surface area contributed by atoms with Crippen molar-refractivity contribution in [3.05, 3.63) is 48.1 Å². The Kier molecular flexibility index (Phi) is 4.81. The van der Waals surface area contributed by atoms with Gasteiger partial charge in [-0.2, -0.15) is 13.2 Å². The molecule has 1 aromatic heterocycles. The zero-order valence-electron chi connectivity index (χ0n) is 15.2. The number of hydrogen-bond donors (Lipinski definition) is 3. The molecular formula is C18H19F3N6O2. The van der Waals surface area contributed by atoms with Crippen LogP contribution in [-0.4, -0.2) is 64.6 Å². The maximum absolute atomic E-state index is 13.0. The first-order valence-corrected chi connectivity index (χ1v) is 9.11. The second-order valence-corrected chi connectivity index (χ2v) is 6.95. The smallest absolute Gasteiger partial charge is 0.366 e. The molecule has 3 aliphatic heterocycles. The van der Waals surface area contributed by atoms with Crippen LogP contribution < -0.4 is 16.0 Å². The molecule has 1 fully saturated rings. The maximum atomic E-state index is 13.0. The molecule has 4 rings (SSSR count). The van der Waals surface area contributed by atoms with Crippen LogP contribution in [0.3, 0.4) is 0 Å². The van der Waals surface area contributed by atoms with E-state index < -0.39 is 30.7 Å². The molecule has 0 radical (unpaired) electrons. The highest BCUT2D eigenvalue weighted by Gasteiger charge is 2.42. The molecule has 154 valence electrons. The highest BCUT2D eigenvalue weighted by atomic mass is 19.4. The number of carbonyl (C=O) groups is 2. The lowest BCUT2D eigenvalue weighted by molar-refractivity contribution is -0.138. The fourth-order valence-corrected chi connectivity index (χ4v) is 3.66. The number of hydrogen-bond acceptors (Lipinski definition) is 5. The van der Waals surface area contributed by atoms with E-state index in [4.69, 9.17) is 0 Å². The summed E-state index contributed by atoms with van der Waals surface area (Å²) in [6.07, 6.45) is 0.965. The average molecular weight is 408 g/mol. The SMILES string of the molecule is O=C(NCC(F)(F)F)C1C=CC2=C(N1)N(C(=O)Nc1ccccn1)[C@H]1CCN2C1. The number of nitrogens with zero attached hydrogens (tertiary/aromatic N) is 3. The highest BCUT2D eigenvalue weighted by Crippen LogP contribution is 2.33. The summed E-state index contributed by atoms with van der Waals surface area (Å²) in [4.78, 5) is 32.8. The van der Waals surface area contributed by atoms with Crippen molar-refractivity contribution >= 4 is 17.8 Å². The predicted molar refractivity (Wildman–Crippen MR) is 97.2 cm³/mol. The molecule has 1 saturated heterocycles. The Morgan fingerprint density at radius 1 is 1.31 bits per heavy atom. The molecule has 0 aromatic carbocycles. The summed E-state index contributed by atoms with van der Waals surface area (Å²) in [5, 5.41) is 7.52. The van der Waals surface area contributed by atoms with E-state index in [1.807, 2.05) is 5.32 Å². The van der Waals surface area contributed by atoms with Gasteiger partial charge in [0, 0.05) is 19.3 Å². The summed E-state index contributed by atoms with van der Waals surface area (Å²) in [5.74, 6) is -0.0316. The van der Waals surface area contributed by atoms with Crippen molar-refractivity contribution in [2.24, 2.45) is 0 Å². The van der Waals surface area contributed by atoms with Gasteiger partial charge in [-0.3, -0.25) is 15.0 Å². The second kappa shape index (κ2) is 7.30. The van der Waals surface area contributed by atoms with Crippen molar-refractivity contribution in [3.63, 3.8) is 0 Å². The Morgan fingerprint density at radius 2 is 2.14 bits per heavy atom. The lowest BCUT2D eigenvalue weighted by Gasteiger charge is -2.40. The molecule has 11 heteroatoms. The molecule has 4 heterocycles. The van der Waals surface area contributed by atoms with Gasteiger partial charge in [0.15, 0.2) is 0 Å². The molecule has 2 bridgehead atoms. The molecule has 8 nitrogen and oxygen atoms in total. The van der Waals surface area contributed by atoms with Crippen molar-refractivity contribution < 1.29 is 22.8 Å². The number of anilines is 1. The van der Waals surface area contributed by atoms with Crippen LogP contribution in [0.25, 0.3) is 0 Å². The average Bonchev–Trinajstić information content (AvgIpc) is 3.10. The predicted octanol–water partition coefficient (Wildman–Crippen LogP) is 1.38. The van der Waals surface area contributed by atoms with Crippen molar-refractivity contribution in [1.82, 2.24) is 25.4 Å². The van der Waals surface area contributed by atoms with E-state index >= 15 is 0 Å². The molecule has 3 N–H and O–H groups in total. The summed E-state index contributed by atoms with van der Waals surface area (Å²) in [5.41, 5.74) is 0.731. The van der Waals surface area contributed by atoms with E-state index in [0.717, 1.165) is 18.7 Å². The number of alkyl halides is 3. The topological polar surface area (TPSA) is 89.6 Å². The Bertz CT molecular complexity index is 870. The first-order valence-electron chi connectivity index (χ1n) is 9.11. The summed E-state index contributed by atoms with van der Waals surface area (Å²) in [6.45, 7) is -0.0262. The van der Waals surface area contributed by atoms with Gasteiger partial charge in [-0.15, -0.1) is 0 Å². The van der Waals surface area contributed by atoms with Gasteiger partial charge >= 0.3 is 12.2 Å². The Morgan fingerprint density at radius 3 is 2.86 bits per heavy atom. The number of amides is 3. The van der Waals surface area contributed by atoms with Crippen molar-refractivity contribution in [2.75, 3.05) is 25.0 Å². The van der Waals surface area contributed by atoms with Crippen LogP contribution in [0.4, 0.5) is 23.8 Å². The molecule has 29 heavy (non-hydrogen) atoms. The molecule has 3 aliphatic rings. The van der Waals surface area contributed by atoms with Crippen LogP contribution in [0.15, 0.2) is 48.1 Å². The van der Waals surface area contributed by atoms with E-state index in [2.05, 4.69) is 20.5 Å². The van der Waals surface area contributed by atoms with Gasteiger partial charge in [0.1, 0.15) is 24.2 Å². The van der Waals surface area contributed by atoms with E-state index in [9.17, 15) is 22.8 Å². The van der Waals surface area contributed by atoms with E-state index in [0.29, 0.717) is 18.2 Å². The summed E-state index contributed by atoms with van der Waals surface area (Å²) in [6, 6.07) is 3.57. The van der Waals surface area contributed by atoms with Crippen molar-refractivity contribution in [1.29, 1.82) is 0 Å². The Labute approximate surface area is 164 Å². The van der Waals surface area contributed by atoms with E-state index in [1.54, 1.807) is 30.5 Å². The first kappa shape index (κ1) is 19.1. The zero-order chi connectivity index (χ0) is 20.6. The third-order valence-corrected chi connectivity index (χ3v) is 4.96. The highest BCUT2D eigenvalue weighted by molar-refractivity contribution is 5.91. The fraction of sp³-hybridized carbons (Fsp3) is 0.389. The Balaban J connectivity index is 1.53. The molecule has 2 atom stereocenters. The molecule has 1 aromatic rings. The maximum Gasteiger partial charge on any atom is 0.405 e. The van der Waals surface area contributed by atoms with Crippen LogP contribution in [-0.2, 0) is 4.79 Å². The minimum Gasteiger partial charge on any atom is -0.366 e. The quantitative estimate of drug-likeness (QED) is 0.703. The van der Waals surface area contributed by atoms with Gasteiger partial charge in [-0.1, -0.05) is 12.1 Å².